The van der Waals surface area contributed by atoms with Crippen LogP contribution in [0.15, 0.2) is 24.4 Å². The highest BCUT2D eigenvalue weighted by atomic mass is 16.5. The van der Waals surface area contributed by atoms with Crippen LogP contribution in [-0.4, -0.2) is 65.6 Å². The summed E-state index contributed by atoms with van der Waals surface area (Å²) in [4.78, 5) is 21.5. The Morgan fingerprint density at radius 1 is 1.25 bits per heavy atom. The zero-order valence-corrected chi connectivity index (χ0v) is 14.3. The van der Waals surface area contributed by atoms with Gasteiger partial charge in [0.15, 0.2) is 0 Å². The summed E-state index contributed by atoms with van der Waals surface area (Å²) in [5, 5.41) is 0. The van der Waals surface area contributed by atoms with E-state index in [0.717, 1.165) is 37.9 Å². The maximum atomic E-state index is 12.6. The number of pyridine rings is 1. The normalized spacial score (nSPS) is 28.2. The van der Waals surface area contributed by atoms with Crippen molar-refractivity contribution in [1.82, 2.24) is 14.8 Å². The summed E-state index contributed by atoms with van der Waals surface area (Å²) in [5.41, 5.74) is 0.848. The van der Waals surface area contributed by atoms with E-state index in [4.69, 9.17) is 4.74 Å². The van der Waals surface area contributed by atoms with Gasteiger partial charge in [-0.05, 0) is 30.9 Å². The zero-order valence-electron chi connectivity index (χ0n) is 14.3. The van der Waals surface area contributed by atoms with Gasteiger partial charge in [-0.1, -0.05) is 18.9 Å². The van der Waals surface area contributed by atoms with E-state index in [1.54, 1.807) is 6.20 Å². The first-order valence-corrected chi connectivity index (χ1v) is 9.33. The van der Waals surface area contributed by atoms with Crippen molar-refractivity contribution in [2.75, 3.05) is 32.8 Å². The molecule has 5 heteroatoms. The molecule has 24 heavy (non-hydrogen) atoms. The molecule has 1 aromatic heterocycles. The summed E-state index contributed by atoms with van der Waals surface area (Å²) in [6.45, 7) is 4.55. The van der Waals surface area contributed by atoms with Gasteiger partial charge < -0.3 is 9.64 Å². The number of hydrogen-bond acceptors (Lipinski definition) is 4. The molecule has 1 aliphatic carbocycles. The number of morpholine rings is 1. The van der Waals surface area contributed by atoms with Crippen molar-refractivity contribution in [2.24, 2.45) is 5.92 Å². The first-order valence-electron chi connectivity index (χ1n) is 9.33. The molecule has 0 N–H and O–H groups in total. The monoisotopic (exact) mass is 329 g/mol. The van der Waals surface area contributed by atoms with Gasteiger partial charge in [-0.25, -0.2) is 0 Å². The van der Waals surface area contributed by atoms with Crippen molar-refractivity contribution >= 4 is 5.91 Å². The number of amides is 1. The second kappa shape index (κ2) is 7.19. The Morgan fingerprint density at radius 2 is 2.12 bits per heavy atom. The molecule has 5 nitrogen and oxygen atoms in total. The molecule has 3 aliphatic rings. The summed E-state index contributed by atoms with van der Waals surface area (Å²) >= 11 is 0. The molecule has 0 aromatic carbocycles. The second-order valence-electron chi connectivity index (χ2n) is 7.42. The molecule has 4 rings (SSSR count). The van der Waals surface area contributed by atoms with Crippen LogP contribution in [0.1, 0.15) is 31.4 Å². The Morgan fingerprint density at radius 3 is 2.92 bits per heavy atom. The molecule has 0 unspecified atom stereocenters. The lowest BCUT2D eigenvalue weighted by atomic mass is 10.0. The smallest absolute Gasteiger partial charge is 0.228 e. The van der Waals surface area contributed by atoms with Gasteiger partial charge in [-0.15, -0.1) is 0 Å². The van der Waals surface area contributed by atoms with Gasteiger partial charge in [0, 0.05) is 38.1 Å². The fourth-order valence-corrected chi connectivity index (χ4v) is 4.48. The molecule has 2 saturated heterocycles. The Balaban J connectivity index is 1.37. The average molecular weight is 329 g/mol. The molecule has 0 bridgehead atoms. The molecule has 3 heterocycles. The van der Waals surface area contributed by atoms with Gasteiger partial charge in [-0.2, -0.15) is 0 Å². The molecule has 1 saturated carbocycles. The van der Waals surface area contributed by atoms with E-state index in [1.165, 1.54) is 32.2 Å². The van der Waals surface area contributed by atoms with Crippen LogP contribution in [0, 0.1) is 5.92 Å². The highest BCUT2D eigenvalue weighted by Gasteiger charge is 2.42. The minimum atomic E-state index is 0.174. The van der Waals surface area contributed by atoms with E-state index in [0.29, 0.717) is 12.5 Å². The van der Waals surface area contributed by atoms with Crippen LogP contribution < -0.4 is 0 Å². The molecule has 2 aliphatic heterocycles. The van der Waals surface area contributed by atoms with Crippen LogP contribution in [0.5, 0.6) is 0 Å². The lowest BCUT2D eigenvalue weighted by Gasteiger charge is -2.38. The van der Waals surface area contributed by atoms with E-state index in [-0.39, 0.29) is 12.0 Å². The number of rotatable bonds is 4. The van der Waals surface area contributed by atoms with E-state index in [9.17, 15) is 4.79 Å². The fraction of sp³-hybridized carbons (Fsp3) is 0.684. The van der Waals surface area contributed by atoms with Gasteiger partial charge in [0.25, 0.3) is 0 Å². The van der Waals surface area contributed by atoms with Crippen molar-refractivity contribution < 1.29 is 9.53 Å². The molecular weight excluding hydrogens is 302 g/mol. The summed E-state index contributed by atoms with van der Waals surface area (Å²) in [6.07, 6.45) is 7.85. The number of ether oxygens (including phenoxy) is 1. The van der Waals surface area contributed by atoms with E-state index >= 15 is 0 Å². The first kappa shape index (κ1) is 16.0. The number of carbonyl (C=O) groups is 1. The molecule has 1 amide bonds. The highest BCUT2D eigenvalue weighted by molar-refractivity contribution is 5.78. The minimum absolute atomic E-state index is 0.174. The first-order chi connectivity index (χ1) is 11.8. The van der Waals surface area contributed by atoms with Gasteiger partial charge in [0.1, 0.15) is 0 Å². The number of carbonyl (C=O) groups excluding carboxylic acids is 1. The Kier molecular flexibility index (Phi) is 4.81. The molecular formula is C19H27N3O2. The van der Waals surface area contributed by atoms with E-state index in [2.05, 4.69) is 9.88 Å². The van der Waals surface area contributed by atoms with Gasteiger partial charge in [0.2, 0.25) is 5.91 Å². The maximum Gasteiger partial charge on any atom is 0.228 e. The van der Waals surface area contributed by atoms with Gasteiger partial charge in [-0.3, -0.25) is 14.7 Å². The molecule has 2 atom stereocenters. The van der Waals surface area contributed by atoms with Crippen LogP contribution in [0.4, 0.5) is 0 Å². The summed E-state index contributed by atoms with van der Waals surface area (Å²) in [6, 6.07) is 6.12. The average Bonchev–Trinajstić information content (AvgIpc) is 3.25. The van der Waals surface area contributed by atoms with Gasteiger partial charge >= 0.3 is 0 Å². The Bertz CT molecular complexity index is 559. The van der Waals surface area contributed by atoms with Crippen molar-refractivity contribution in [2.45, 2.75) is 44.2 Å². The van der Waals surface area contributed by atoms with E-state index < -0.39 is 0 Å². The van der Waals surface area contributed by atoms with Crippen LogP contribution in [0.3, 0.4) is 0 Å². The minimum Gasteiger partial charge on any atom is -0.373 e. The zero-order chi connectivity index (χ0) is 16.4. The van der Waals surface area contributed by atoms with Crippen LogP contribution >= 0.6 is 0 Å². The number of likely N-dealkylation sites (tertiary alicyclic amines) is 1. The van der Waals surface area contributed by atoms with Crippen molar-refractivity contribution in [1.29, 1.82) is 0 Å². The standard InChI is InChI=1S/C19H27N3O2/c23-19(11-16-7-3-4-8-20-16)22-13-17-18(14-22)24-10-9-21(17)12-15-5-1-2-6-15/h3-4,7-8,15,17-18H,1-2,5-6,9-14H2/t17-,18+/m1/s1. The third kappa shape index (κ3) is 3.47. The molecule has 1 aromatic rings. The SMILES string of the molecule is O=C(Cc1ccccn1)N1C[C@@H]2OCCN(CC3CCCC3)[C@@H]2C1. The number of nitrogens with zero attached hydrogens (tertiary/aromatic N) is 3. The van der Waals surface area contributed by atoms with Crippen LogP contribution in [-0.2, 0) is 16.0 Å². The predicted molar refractivity (Wildman–Crippen MR) is 91.6 cm³/mol. The van der Waals surface area contributed by atoms with Crippen LogP contribution in [0.2, 0.25) is 0 Å². The Labute approximate surface area is 144 Å². The third-order valence-electron chi connectivity index (χ3n) is 5.80. The van der Waals surface area contributed by atoms with Gasteiger partial charge in [0.05, 0.1) is 25.2 Å². The molecule has 0 spiro atoms. The Hall–Kier alpha value is -1.46. The largest absolute Gasteiger partial charge is 0.373 e. The summed E-state index contributed by atoms with van der Waals surface area (Å²) in [7, 11) is 0. The fourth-order valence-electron chi connectivity index (χ4n) is 4.48. The number of aromatic nitrogens is 1. The van der Waals surface area contributed by atoms with Crippen molar-refractivity contribution in [3.8, 4) is 0 Å². The van der Waals surface area contributed by atoms with Crippen LogP contribution in [0.25, 0.3) is 0 Å². The quantitative estimate of drug-likeness (QED) is 0.844. The topological polar surface area (TPSA) is 45.7 Å². The second-order valence-corrected chi connectivity index (χ2v) is 7.42. The highest BCUT2D eigenvalue weighted by Crippen LogP contribution is 2.29. The number of hydrogen-bond donors (Lipinski definition) is 0. The lowest BCUT2D eigenvalue weighted by molar-refractivity contribution is -0.130. The summed E-state index contributed by atoms with van der Waals surface area (Å²) in [5.74, 6) is 1.02. The van der Waals surface area contributed by atoms with Crippen molar-refractivity contribution in [3.05, 3.63) is 30.1 Å². The molecule has 0 radical (unpaired) electrons. The molecule has 130 valence electrons. The lowest BCUT2D eigenvalue weighted by Crippen LogP contribution is -2.52. The van der Waals surface area contributed by atoms with E-state index in [1.807, 2.05) is 23.1 Å². The third-order valence-corrected chi connectivity index (χ3v) is 5.80. The number of fused-ring (bicyclic) bond motifs is 1. The summed E-state index contributed by atoms with van der Waals surface area (Å²) < 4.78 is 5.98. The van der Waals surface area contributed by atoms with Crippen molar-refractivity contribution in [3.63, 3.8) is 0 Å². The predicted octanol–water partition coefficient (Wildman–Crippen LogP) is 1.73. The molecule has 3 fully saturated rings. The maximum absolute atomic E-state index is 12.6.